The van der Waals surface area contributed by atoms with Crippen LogP contribution < -0.4 is 10.2 Å². The van der Waals surface area contributed by atoms with E-state index in [9.17, 15) is 4.39 Å². The number of fused-ring (bicyclic) bond motifs is 1. The Hall–Kier alpha value is -3.30. The lowest BCUT2D eigenvalue weighted by Crippen LogP contribution is -2.27. The van der Waals surface area contributed by atoms with E-state index in [1.807, 2.05) is 18.3 Å². The number of rotatable bonds is 3. The van der Waals surface area contributed by atoms with Gasteiger partial charge in [-0.3, -0.25) is 0 Å². The molecule has 0 bridgehead atoms. The summed E-state index contributed by atoms with van der Waals surface area (Å²) in [6, 6.07) is 16.0. The van der Waals surface area contributed by atoms with Crippen molar-refractivity contribution in [1.82, 2.24) is 15.3 Å². The van der Waals surface area contributed by atoms with Crippen LogP contribution in [0.25, 0.3) is 22.4 Å². The van der Waals surface area contributed by atoms with Crippen molar-refractivity contribution >= 4 is 5.95 Å². The highest BCUT2D eigenvalue weighted by atomic mass is 19.1. The van der Waals surface area contributed by atoms with Crippen molar-refractivity contribution in [3.05, 3.63) is 66.1 Å². The Bertz CT molecular complexity index is 1090. The number of nitriles is 1. The largest absolute Gasteiger partial charge is 0.341 e. The van der Waals surface area contributed by atoms with E-state index < -0.39 is 0 Å². The first kappa shape index (κ1) is 19.7. The van der Waals surface area contributed by atoms with E-state index in [1.54, 1.807) is 24.3 Å². The second-order valence-electron chi connectivity index (χ2n) is 8.37. The highest BCUT2D eigenvalue weighted by Gasteiger charge is 2.31. The fourth-order valence-electron chi connectivity index (χ4n) is 4.71. The minimum absolute atomic E-state index is 0.272. The summed E-state index contributed by atoms with van der Waals surface area (Å²) in [7, 11) is 0. The van der Waals surface area contributed by atoms with Gasteiger partial charge in [0.2, 0.25) is 5.95 Å². The Morgan fingerprint density at radius 3 is 2.23 bits per heavy atom. The van der Waals surface area contributed by atoms with Crippen molar-refractivity contribution in [1.29, 1.82) is 5.26 Å². The fourth-order valence-corrected chi connectivity index (χ4v) is 4.71. The predicted molar refractivity (Wildman–Crippen MR) is 119 cm³/mol. The normalized spacial score (nSPS) is 20.7. The van der Waals surface area contributed by atoms with Gasteiger partial charge in [-0.2, -0.15) is 5.26 Å². The molecule has 2 unspecified atom stereocenters. The molecule has 156 valence electrons. The predicted octanol–water partition coefficient (Wildman–Crippen LogP) is 4.26. The van der Waals surface area contributed by atoms with Gasteiger partial charge in [0.1, 0.15) is 5.82 Å². The van der Waals surface area contributed by atoms with E-state index in [0.717, 1.165) is 79.2 Å². The van der Waals surface area contributed by atoms with Crippen molar-refractivity contribution < 1.29 is 4.39 Å². The molecule has 31 heavy (non-hydrogen) atoms. The molecule has 6 heteroatoms. The maximum atomic E-state index is 13.5. The van der Waals surface area contributed by atoms with E-state index in [-0.39, 0.29) is 5.82 Å². The molecule has 5 nitrogen and oxygen atoms in total. The summed E-state index contributed by atoms with van der Waals surface area (Å²) < 4.78 is 13.5. The third-order valence-electron chi connectivity index (χ3n) is 6.52. The standard InChI is InChI=1S/C25H24FN5/c26-22-7-5-18(6-8-22)23-16-29-25(30-24(23)19-3-1-17(13-27)2-4-19)31-11-9-20-14-28-15-21(20)10-12-31/h1-8,16,20-21,28H,9-12,14-15H2. The minimum atomic E-state index is -0.272. The van der Waals surface area contributed by atoms with Crippen molar-refractivity contribution in [2.75, 3.05) is 31.1 Å². The first-order chi connectivity index (χ1) is 15.2. The number of aromatic nitrogens is 2. The highest BCUT2D eigenvalue weighted by molar-refractivity contribution is 5.81. The summed E-state index contributed by atoms with van der Waals surface area (Å²) in [6.45, 7) is 4.12. The maximum Gasteiger partial charge on any atom is 0.225 e. The Labute approximate surface area is 181 Å². The number of anilines is 1. The molecular formula is C25H24FN5. The molecule has 2 fully saturated rings. The minimum Gasteiger partial charge on any atom is -0.341 e. The van der Waals surface area contributed by atoms with Crippen LogP contribution in [-0.4, -0.2) is 36.1 Å². The highest BCUT2D eigenvalue weighted by Crippen LogP contribution is 2.33. The molecule has 1 N–H and O–H groups in total. The summed E-state index contributed by atoms with van der Waals surface area (Å²) in [5.74, 6) is 1.94. The van der Waals surface area contributed by atoms with Crippen molar-refractivity contribution in [2.45, 2.75) is 12.8 Å². The Morgan fingerprint density at radius 2 is 1.58 bits per heavy atom. The fraction of sp³-hybridized carbons (Fsp3) is 0.320. The lowest BCUT2D eigenvalue weighted by molar-refractivity contribution is 0.409. The van der Waals surface area contributed by atoms with Crippen molar-refractivity contribution in [3.8, 4) is 28.5 Å². The third-order valence-corrected chi connectivity index (χ3v) is 6.52. The number of halogens is 1. The van der Waals surface area contributed by atoms with Gasteiger partial charge in [-0.1, -0.05) is 24.3 Å². The number of hydrogen-bond acceptors (Lipinski definition) is 5. The van der Waals surface area contributed by atoms with Gasteiger partial charge in [-0.15, -0.1) is 0 Å². The maximum absolute atomic E-state index is 13.5. The molecule has 1 aromatic heterocycles. The van der Waals surface area contributed by atoms with Crippen LogP contribution in [0.3, 0.4) is 0 Å². The number of nitrogens with one attached hydrogen (secondary N) is 1. The van der Waals surface area contributed by atoms with E-state index in [0.29, 0.717) is 5.56 Å². The summed E-state index contributed by atoms with van der Waals surface area (Å²) in [6.07, 6.45) is 4.14. The van der Waals surface area contributed by atoms with E-state index in [1.165, 1.54) is 12.1 Å². The van der Waals surface area contributed by atoms with Gasteiger partial charge in [0.05, 0.1) is 17.3 Å². The summed E-state index contributed by atoms with van der Waals surface area (Å²) >= 11 is 0. The van der Waals surface area contributed by atoms with Crippen LogP contribution in [0.1, 0.15) is 18.4 Å². The smallest absolute Gasteiger partial charge is 0.225 e. The first-order valence-electron chi connectivity index (χ1n) is 10.8. The molecule has 0 amide bonds. The third kappa shape index (κ3) is 4.01. The van der Waals surface area contributed by atoms with E-state index in [4.69, 9.17) is 15.2 Å². The average molecular weight is 414 g/mol. The number of hydrogen-bond donors (Lipinski definition) is 1. The van der Waals surface area contributed by atoms with Gasteiger partial charge in [0.15, 0.2) is 0 Å². The topological polar surface area (TPSA) is 64.8 Å². The van der Waals surface area contributed by atoms with Gasteiger partial charge >= 0.3 is 0 Å². The van der Waals surface area contributed by atoms with Crippen LogP contribution in [0.15, 0.2) is 54.7 Å². The van der Waals surface area contributed by atoms with Gasteiger partial charge in [-0.05, 0) is 67.6 Å². The molecule has 3 heterocycles. The molecule has 2 saturated heterocycles. The Morgan fingerprint density at radius 1 is 0.935 bits per heavy atom. The molecule has 0 saturated carbocycles. The zero-order valence-electron chi connectivity index (χ0n) is 17.3. The van der Waals surface area contributed by atoms with Crippen LogP contribution in [0.4, 0.5) is 10.3 Å². The van der Waals surface area contributed by atoms with E-state index in [2.05, 4.69) is 16.3 Å². The lowest BCUT2D eigenvalue weighted by Gasteiger charge is -2.22. The molecular weight excluding hydrogens is 389 g/mol. The molecule has 0 radical (unpaired) electrons. The molecule has 2 aliphatic heterocycles. The summed E-state index contributed by atoms with van der Waals surface area (Å²) in [5, 5.41) is 12.7. The molecule has 0 aliphatic carbocycles. The Balaban J connectivity index is 1.53. The van der Waals surface area contributed by atoms with Crippen LogP contribution in [0.2, 0.25) is 0 Å². The second kappa shape index (κ2) is 8.44. The van der Waals surface area contributed by atoms with Crippen LogP contribution in [0.5, 0.6) is 0 Å². The monoisotopic (exact) mass is 413 g/mol. The Kier molecular flexibility index (Phi) is 5.35. The van der Waals surface area contributed by atoms with Gasteiger partial charge in [0, 0.05) is 30.4 Å². The van der Waals surface area contributed by atoms with Crippen LogP contribution in [-0.2, 0) is 0 Å². The molecule has 2 atom stereocenters. The van der Waals surface area contributed by atoms with Crippen molar-refractivity contribution in [3.63, 3.8) is 0 Å². The summed E-state index contributed by atoms with van der Waals surface area (Å²) in [4.78, 5) is 12.0. The van der Waals surface area contributed by atoms with Gasteiger partial charge in [-0.25, -0.2) is 14.4 Å². The van der Waals surface area contributed by atoms with E-state index >= 15 is 0 Å². The number of benzene rings is 2. The van der Waals surface area contributed by atoms with Crippen molar-refractivity contribution in [2.24, 2.45) is 11.8 Å². The second-order valence-corrected chi connectivity index (χ2v) is 8.37. The number of nitrogens with zero attached hydrogens (tertiary/aromatic N) is 4. The average Bonchev–Trinajstić information content (AvgIpc) is 3.17. The zero-order chi connectivity index (χ0) is 21.2. The molecule has 2 aromatic carbocycles. The molecule has 5 rings (SSSR count). The lowest BCUT2D eigenvalue weighted by atomic mass is 9.92. The molecule has 3 aromatic rings. The van der Waals surface area contributed by atoms with Crippen LogP contribution in [0, 0.1) is 29.0 Å². The quantitative estimate of drug-likeness (QED) is 0.695. The summed E-state index contributed by atoms with van der Waals surface area (Å²) in [5.41, 5.74) is 4.03. The van der Waals surface area contributed by atoms with Gasteiger partial charge in [0.25, 0.3) is 0 Å². The molecule has 2 aliphatic rings. The van der Waals surface area contributed by atoms with Gasteiger partial charge < -0.3 is 10.2 Å². The molecule has 0 spiro atoms. The van der Waals surface area contributed by atoms with Crippen LogP contribution >= 0.6 is 0 Å². The first-order valence-corrected chi connectivity index (χ1v) is 10.8. The SMILES string of the molecule is N#Cc1ccc(-c2nc(N3CCC4CNCC4CC3)ncc2-c2ccc(F)cc2)cc1. The zero-order valence-corrected chi connectivity index (χ0v) is 17.3.